The third-order valence-electron chi connectivity index (χ3n) is 1.64. The highest BCUT2D eigenvalue weighted by Gasteiger charge is 2.00. The van der Waals surface area contributed by atoms with Gasteiger partial charge in [-0.2, -0.15) is 5.10 Å². The minimum absolute atomic E-state index is 0.0317. The Kier molecular flexibility index (Phi) is 3.68. The molecule has 0 fully saturated rings. The second-order valence-electron chi connectivity index (χ2n) is 2.86. The van der Waals surface area contributed by atoms with Crippen LogP contribution in [0.4, 0.5) is 0 Å². The van der Waals surface area contributed by atoms with Crippen molar-refractivity contribution in [2.45, 2.75) is 6.92 Å². The molecular formula is C10H12N2O3. The van der Waals surface area contributed by atoms with Crippen molar-refractivity contribution in [3.8, 4) is 11.5 Å². The standard InChI is InChI=1S/C10H12N2O3/c1-7(13)12-11-6-8-3-4-10(15-2)9(14)5-8/h3-6,14H,1-2H3,(H,12,13)/b11-6-. The Morgan fingerprint density at radius 3 is 2.87 bits per heavy atom. The minimum Gasteiger partial charge on any atom is -0.504 e. The molecule has 0 spiro atoms. The van der Waals surface area contributed by atoms with Gasteiger partial charge in [0.05, 0.1) is 13.3 Å². The molecule has 0 saturated carbocycles. The van der Waals surface area contributed by atoms with E-state index in [2.05, 4.69) is 10.5 Å². The summed E-state index contributed by atoms with van der Waals surface area (Å²) < 4.78 is 4.88. The van der Waals surface area contributed by atoms with Crippen LogP contribution in [-0.2, 0) is 4.79 Å². The number of phenols is 1. The van der Waals surface area contributed by atoms with E-state index in [0.29, 0.717) is 11.3 Å². The van der Waals surface area contributed by atoms with E-state index in [0.717, 1.165) is 0 Å². The van der Waals surface area contributed by atoms with Crippen LogP contribution in [0.25, 0.3) is 0 Å². The molecule has 0 aliphatic heterocycles. The molecule has 0 bridgehead atoms. The van der Waals surface area contributed by atoms with E-state index in [9.17, 15) is 9.90 Å². The van der Waals surface area contributed by atoms with E-state index in [4.69, 9.17) is 4.74 Å². The molecule has 0 saturated heterocycles. The average molecular weight is 208 g/mol. The summed E-state index contributed by atoms with van der Waals surface area (Å²) >= 11 is 0. The number of nitrogens with one attached hydrogen (secondary N) is 1. The van der Waals surface area contributed by atoms with E-state index < -0.39 is 0 Å². The van der Waals surface area contributed by atoms with Gasteiger partial charge >= 0.3 is 0 Å². The number of carbonyl (C=O) groups is 1. The molecule has 1 aromatic carbocycles. The van der Waals surface area contributed by atoms with E-state index in [-0.39, 0.29) is 11.7 Å². The molecule has 0 heterocycles. The fraction of sp³-hybridized carbons (Fsp3) is 0.200. The molecule has 0 atom stereocenters. The van der Waals surface area contributed by atoms with Gasteiger partial charge in [-0.25, -0.2) is 5.43 Å². The van der Waals surface area contributed by atoms with Gasteiger partial charge in [0.1, 0.15) is 0 Å². The molecule has 80 valence electrons. The summed E-state index contributed by atoms with van der Waals surface area (Å²) in [4.78, 5) is 10.5. The second-order valence-corrected chi connectivity index (χ2v) is 2.86. The van der Waals surface area contributed by atoms with Crippen LogP contribution < -0.4 is 10.2 Å². The Morgan fingerprint density at radius 1 is 1.60 bits per heavy atom. The lowest BCUT2D eigenvalue weighted by atomic mass is 10.2. The zero-order chi connectivity index (χ0) is 11.3. The SMILES string of the molecule is COc1ccc(/C=N\NC(C)=O)cc1O. The summed E-state index contributed by atoms with van der Waals surface area (Å²) in [5.74, 6) is 0.180. The minimum atomic E-state index is -0.246. The average Bonchev–Trinajstić information content (AvgIpc) is 2.17. The first-order chi connectivity index (χ1) is 7.13. The van der Waals surface area contributed by atoms with Crippen molar-refractivity contribution in [2.24, 2.45) is 5.10 Å². The van der Waals surface area contributed by atoms with Crippen LogP contribution in [-0.4, -0.2) is 24.3 Å². The highest BCUT2D eigenvalue weighted by Crippen LogP contribution is 2.25. The molecule has 15 heavy (non-hydrogen) atoms. The number of aromatic hydroxyl groups is 1. The van der Waals surface area contributed by atoms with Gasteiger partial charge in [-0.3, -0.25) is 4.79 Å². The van der Waals surface area contributed by atoms with Crippen molar-refractivity contribution in [3.63, 3.8) is 0 Å². The van der Waals surface area contributed by atoms with Crippen molar-refractivity contribution in [2.75, 3.05) is 7.11 Å². The molecule has 1 amide bonds. The maximum atomic E-state index is 10.5. The molecule has 0 aliphatic carbocycles. The molecule has 0 aliphatic rings. The first-order valence-corrected chi connectivity index (χ1v) is 4.30. The number of methoxy groups -OCH3 is 1. The van der Waals surface area contributed by atoms with Crippen LogP contribution in [0.15, 0.2) is 23.3 Å². The smallest absolute Gasteiger partial charge is 0.236 e. The lowest BCUT2D eigenvalue weighted by Crippen LogP contribution is -2.12. The number of carbonyl (C=O) groups excluding carboxylic acids is 1. The second kappa shape index (κ2) is 4.99. The third-order valence-corrected chi connectivity index (χ3v) is 1.64. The Morgan fingerprint density at radius 2 is 2.33 bits per heavy atom. The van der Waals surface area contributed by atoms with E-state index >= 15 is 0 Å². The maximum absolute atomic E-state index is 10.5. The van der Waals surface area contributed by atoms with Gasteiger partial charge in [-0.1, -0.05) is 0 Å². The fourth-order valence-electron chi connectivity index (χ4n) is 0.985. The van der Waals surface area contributed by atoms with Gasteiger partial charge in [0.15, 0.2) is 11.5 Å². The van der Waals surface area contributed by atoms with E-state index in [1.807, 2.05) is 0 Å². The summed E-state index contributed by atoms with van der Waals surface area (Å²) in [7, 11) is 1.47. The van der Waals surface area contributed by atoms with E-state index in [1.54, 1.807) is 12.1 Å². The normalized spacial score (nSPS) is 10.3. The molecule has 0 unspecified atom stereocenters. The summed E-state index contributed by atoms with van der Waals surface area (Å²) in [6, 6.07) is 4.82. The third kappa shape index (κ3) is 3.30. The lowest BCUT2D eigenvalue weighted by molar-refractivity contribution is -0.118. The highest BCUT2D eigenvalue weighted by atomic mass is 16.5. The Labute approximate surface area is 87.4 Å². The number of benzene rings is 1. The van der Waals surface area contributed by atoms with Crippen molar-refractivity contribution >= 4 is 12.1 Å². The van der Waals surface area contributed by atoms with Gasteiger partial charge in [0.25, 0.3) is 0 Å². The van der Waals surface area contributed by atoms with Crippen molar-refractivity contribution in [3.05, 3.63) is 23.8 Å². The summed E-state index contributed by atoms with van der Waals surface area (Å²) in [6.45, 7) is 1.36. The highest BCUT2D eigenvalue weighted by molar-refractivity contribution is 5.82. The first kappa shape index (κ1) is 11.0. The van der Waals surface area contributed by atoms with E-state index in [1.165, 1.54) is 26.3 Å². The summed E-state index contributed by atoms with van der Waals surface area (Å²) in [6.07, 6.45) is 1.43. The van der Waals surface area contributed by atoms with Gasteiger partial charge in [0, 0.05) is 6.92 Å². The Bertz CT molecular complexity index is 388. The molecule has 5 nitrogen and oxygen atoms in total. The Balaban J connectivity index is 2.75. The zero-order valence-electron chi connectivity index (χ0n) is 8.52. The van der Waals surface area contributed by atoms with Gasteiger partial charge < -0.3 is 9.84 Å². The molecule has 2 N–H and O–H groups in total. The molecule has 1 rings (SSSR count). The van der Waals surface area contributed by atoms with Crippen LogP contribution in [0.1, 0.15) is 12.5 Å². The van der Waals surface area contributed by atoms with Gasteiger partial charge in [-0.05, 0) is 23.8 Å². The number of rotatable bonds is 3. The largest absolute Gasteiger partial charge is 0.504 e. The summed E-state index contributed by atoms with van der Waals surface area (Å²) in [5, 5.41) is 13.1. The summed E-state index contributed by atoms with van der Waals surface area (Å²) in [5.41, 5.74) is 2.93. The zero-order valence-corrected chi connectivity index (χ0v) is 8.52. The molecular weight excluding hydrogens is 196 g/mol. The quantitative estimate of drug-likeness (QED) is 0.572. The van der Waals surface area contributed by atoms with Crippen LogP contribution in [0.5, 0.6) is 11.5 Å². The number of hydrogen-bond acceptors (Lipinski definition) is 4. The lowest BCUT2D eigenvalue weighted by Gasteiger charge is -2.02. The predicted molar refractivity (Wildman–Crippen MR) is 56.1 cm³/mol. The predicted octanol–water partition coefficient (Wildman–Crippen LogP) is 0.871. The Hall–Kier alpha value is -2.04. The van der Waals surface area contributed by atoms with Crippen molar-refractivity contribution in [1.29, 1.82) is 0 Å². The van der Waals surface area contributed by atoms with Crippen LogP contribution in [0.3, 0.4) is 0 Å². The van der Waals surface area contributed by atoms with Gasteiger partial charge in [-0.15, -0.1) is 0 Å². The maximum Gasteiger partial charge on any atom is 0.236 e. The monoisotopic (exact) mass is 208 g/mol. The van der Waals surface area contributed by atoms with Crippen molar-refractivity contribution in [1.82, 2.24) is 5.43 Å². The van der Waals surface area contributed by atoms with Gasteiger partial charge in [0.2, 0.25) is 5.91 Å². The molecule has 0 aromatic heterocycles. The van der Waals surface area contributed by atoms with Crippen molar-refractivity contribution < 1.29 is 14.6 Å². The molecule has 1 aromatic rings. The fourth-order valence-corrected chi connectivity index (χ4v) is 0.985. The number of hydrogen-bond donors (Lipinski definition) is 2. The molecule has 5 heteroatoms. The number of hydrazone groups is 1. The number of amides is 1. The number of ether oxygens (including phenoxy) is 1. The first-order valence-electron chi connectivity index (χ1n) is 4.30. The molecule has 0 radical (unpaired) electrons. The topological polar surface area (TPSA) is 70.9 Å². The number of phenolic OH excluding ortho intramolecular Hbond substituents is 1. The number of nitrogens with zero attached hydrogens (tertiary/aromatic N) is 1. The van der Waals surface area contributed by atoms with Crippen LogP contribution >= 0.6 is 0 Å². The van der Waals surface area contributed by atoms with Crippen LogP contribution in [0, 0.1) is 0 Å². The van der Waals surface area contributed by atoms with Crippen LogP contribution in [0.2, 0.25) is 0 Å².